The van der Waals surface area contributed by atoms with Gasteiger partial charge in [0.2, 0.25) is 0 Å². The Morgan fingerprint density at radius 3 is 2.37 bits per heavy atom. The molecule has 1 aliphatic heterocycles. The molecule has 1 aliphatic rings. The van der Waals surface area contributed by atoms with Gasteiger partial charge in [0.25, 0.3) is 0 Å². The molecule has 0 aromatic heterocycles. The van der Waals surface area contributed by atoms with Crippen LogP contribution in [0.25, 0.3) is 0 Å². The van der Waals surface area contributed by atoms with Crippen molar-refractivity contribution in [3.05, 3.63) is 34.3 Å². The van der Waals surface area contributed by atoms with Crippen molar-refractivity contribution in [2.45, 2.75) is 24.6 Å². The van der Waals surface area contributed by atoms with Gasteiger partial charge < -0.3 is 10.0 Å². The number of rotatable bonds is 1. The van der Waals surface area contributed by atoms with Gasteiger partial charge in [-0.2, -0.15) is 13.2 Å². The molecule has 0 saturated carbocycles. The summed E-state index contributed by atoms with van der Waals surface area (Å²) in [6.07, 6.45) is -3.67. The molecule has 1 fully saturated rings. The fourth-order valence-corrected chi connectivity index (χ4v) is 2.53. The summed E-state index contributed by atoms with van der Waals surface area (Å²) in [6, 6.07) is 3.65. The first-order valence-corrected chi connectivity index (χ1v) is 6.38. The van der Waals surface area contributed by atoms with E-state index in [9.17, 15) is 18.3 Å². The summed E-state index contributed by atoms with van der Waals surface area (Å²) in [6.45, 7) is 1.31. The number of alkyl halides is 3. The van der Waals surface area contributed by atoms with E-state index in [0.29, 0.717) is 25.9 Å². The third kappa shape index (κ3) is 3.04. The lowest BCUT2D eigenvalue weighted by Gasteiger charge is -2.37. The van der Waals surface area contributed by atoms with Gasteiger partial charge in [-0.1, -0.05) is 17.7 Å². The molecule has 1 saturated heterocycles. The molecule has 106 valence electrons. The average Bonchev–Trinajstić information content (AvgIpc) is 2.32. The number of hydrogen-bond donors (Lipinski definition) is 1. The van der Waals surface area contributed by atoms with Crippen molar-refractivity contribution >= 4 is 11.6 Å². The minimum atomic E-state index is -4.51. The second-order valence-corrected chi connectivity index (χ2v) is 5.43. The maximum absolute atomic E-state index is 12.8. The van der Waals surface area contributed by atoms with Crippen molar-refractivity contribution in [1.82, 2.24) is 4.90 Å². The number of aliphatic hydroxyl groups is 1. The van der Waals surface area contributed by atoms with Gasteiger partial charge in [0.05, 0.1) is 16.2 Å². The van der Waals surface area contributed by atoms with Crippen molar-refractivity contribution in [2.24, 2.45) is 0 Å². The normalized spacial score (nSPS) is 20.5. The molecule has 0 radical (unpaired) electrons. The molecule has 2 nitrogen and oxygen atoms in total. The molecular formula is C13H15ClF3NO. The highest BCUT2D eigenvalue weighted by Gasteiger charge is 2.37. The van der Waals surface area contributed by atoms with E-state index in [-0.39, 0.29) is 10.6 Å². The Balaban J connectivity index is 2.36. The van der Waals surface area contributed by atoms with Crippen molar-refractivity contribution in [1.29, 1.82) is 0 Å². The highest BCUT2D eigenvalue weighted by molar-refractivity contribution is 6.31. The van der Waals surface area contributed by atoms with Crippen molar-refractivity contribution < 1.29 is 18.3 Å². The van der Waals surface area contributed by atoms with Crippen LogP contribution in [0.5, 0.6) is 0 Å². The van der Waals surface area contributed by atoms with Gasteiger partial charge in [-0.25, -0.2) is 0 Å². The first kappa shape index (κ1) is 14.6. The molecule has 0 aliphatic carbocycles. The molecule has 1 heterocycles. The predicted molar refractivity (Wildman–Crippen MR) is 67.1 cm³/mol. The fourth-order valence-electron chi connectivity index (χ4n) is 2.31. The smallest absolute Gasteiger partial charge is 0.385 e. The van der Waals surface area contributed by atoms with Gasteiger partial charge in [0.15, 0.2) is 0 Å². The van der Waals surface area contributed by atoms with Crippen LogP contribution < -0.4 is 0 Å². The van der Waals surface area contributed by atoms with Gasteiger partial charge in [0.1, 0.15) is 0 Å². The van der Waals surface area contributed by atoms with Crippen LogP contribution in [0.1, 0.15) is 24.0 Å². The van der Waals surface area contributed by atoms with Crippen LogP contribution in [0, 0.1) is 0 Å². The Hall–Kier alpha value is -0.780. The predicted octanol–water partition coefficient (Wildman–Crippen LogP) is 3.27. The highest BCUT2D eigenvalue weighted by atomic mass is 35.5. The Labute approximate surface area is 114 Å². The molecule has 6 heteroatoms. The van der Waals surface area contributed by atoms with Crippen LogP contribution in [0.15, 0.2) is 18.2 Å². The molecule has 0 amide bonds. The third-order valence-corrected chi connectivity index (χ3v) is 3.95. The Kier molecular flexibility index (Phi) is 3.82. The number of halogens is 4. The molecule has 0 spiro atoms. The van der Waals surface area contributed by atoms with Gasteiger partial charge in [-0.05, 0) is 37.6 Å². The van der Waals surface area contributed by atoms with Crippen molar-refractivity contribution in [3.8, 4) is 0 Å². The van der Waals surface area contributed by atoms with Crippen LogP contribution in [-0.2, 0) is 11.8 Å². The van der Waals surface area contributed by atoms with E-state index < -0.39 is 17.3 Å². The van der Waals surface area contributed by atoms with E-state index in [1.54, 1.807) is 0 Å². The SMILES string of the molecule is CN1CCC(O)(c2ccc(Cl)c(C(F)(F)F)c2)CC1. The maximum Gasteiger partial charge on any atom is 0.417 e. The van der Waals surface area contributed by atoms with Crippen LogP contribution in [0.3, 0.4) is 0 Å². The van der Waals surface area contributed by atoms with Crippen molar-refractivity contribution in [3.63, 3.8) is 0 Å². The molecule has 2 rings (SSSR count). The molecule has 1 aromatic rings. The van der Waals surface area contributed by atoms with Crippen LogP contribution >= 0.6 is 11.6 Å². The minimum Gasteiger partial charge on any atom is -0.385 e. The molecule has 0 bridgehead atoms. The highest BCUT2D eigenvalue weighted by Crippen LogP contribution is 2.39. The van der Waals surface area contributed by atoms with Gasteiger partial charge in [-0.15, -0.1) is 0 Å². The summed E-state index contributed by atoms with van der Waals surface area (Å²) in [5, 5.41) is 10.2. The molecule has 19 heavy (non-hydrogen) atoms. The number of nitrogens with zero attached hydrogens (tertiary/aromatic N) is 1. The van der Waals surface area contributed by atoms with Gasteiger partial charge in [-0.3, -0.25) is 0 Å². The van der Waals surface area contributed by atoms with Gasteiger partial charge in [0, 0.05) is 13.1 Å². The van der Waals surface area contributed by atoms with E-state index in [1.807, 2.05) is 11.9 Å². The Morgan fingerprint density at radius 1 is 1.26 bits per heavy atom. The summed E-state index contributed by atoms with van der Waals surface area (Å²) in [5.41, 5.74) is -1.80. The standard InChI is InChI=1S/C13H15ClF3NO/c1-18-6-4-12(19,5-7-18)9-2-3-11(14)10(8-9)13(15,16)17/h2-3,8,19H,4-7H2,1H3. The molecular weight excluding hydrogens is 279 g/mol. The zero-order valence-electron chi connectivity index (χ0n) is 10.5. The largest absolute Gasteiger partial charge is 0.417 e. The van der Waals surface area contributed by atoms with Crippen molar-refractivity contribution in [2.75, 3.05) is 20.1 Å². The van der Waals surface area contributed by atoms with E-state index in [2.05, 4.69) is 0 Å². The second-order valence-electron chi connectivity index (χ2n) is 5.03. The number of benzene rings is 1. The summed E-state index contributed by atoms with van der Waals surface area (Å²) in [7, 11) is 1.92. The molecule has 0 atom stereocenters. The lowest BCUT2D eigenvalue weighted by molar-refractivity contribution is -0.137. The summed E-state index contributed by atoms with van der Waals surface area (Å²) in [5.74, 6) is 0. The Bertz CT molecular complexity index is 467. The lowest BCUT2D eigenvalue weighted by atomic mass is 9.84. The van der Waals surface area contributed by atoms with E-state index >= 15 is 0 Å². The second kappa shape index (κ2) is 4.96. The van der Waals surface area contributed by atoms with Crippen LogP contribution in [0.2, 0.25) is 5.02 Å². The molecule has 1 N–H and O–H groups in total. The monoisotopic (exact) mass is 293 g/mol. The molecule has 0 unspecified atom stereocenters. The average molecular weight is 294 g/mol. The van der Waals surface area contributed by atoms with Crippen LogP contribution in [-0.4, -0.2) is 30.1 Å². The first-order valence-electron chi connectivity index (χ1n) is 6.00. The fraction of sp³-hybridized carbons (Fsp3) is 0.538. The lowest BCUT2D eigenvalue weighted by Crippen LogP contribution is -2.40. The van der Waals surface area contributed by atoms with Crippen LogP contribution in [0.4, 0.5) is 13.2 Å². The van der Waals surface area contributed by atoms with E-state index in [4.69, 9.17) is 11.6 Å². The van der Waals surface area contributed by atoms with Gasteiger partial charge >= 0.3 is 6.18 Å². The van der Waals surface area contributed by atoms with E-state index in [0.717, 1.165) is 6.07 Å². The van der Waals surface area contributed by atoms with E-state index in [1.165, 1.54) is 12.1 Å². The number of hydrogen-bond acceptors (Lipinski definition) is 2. The number of likely N-dealkylation sites (tertiary alicyclic amines) is 1. The zero-order chi connectivity index (χ0) is 14.3. The molecule has 1 aromatic carbocycles. The maximum atomic E-state index is 12.8. The topological polar surface area (TPSA) is 23.5 Å². The Morgan fingerprint density at radius 2 is 1.84 bits per heavy atom. The number of piperidine rings is 1. The minimum absolute atomic E-state index is 0.289. The summed E-state index contributed by atoms with van der Waals surface area (Å²) >= 11 is 5.58. The quantitative estimate of drug-likeness (QED) is 0.859. The first-order chi connectivity index (χ1) is 8.72. The zero-order valence-corrected chi connectivity index (χ0v) is 11.2. The summed E-state index contributed by atoms with van der Waals surface area (Å²) in [4.78, 5) is 2.04. The third-order valence-electron chi connectivity index (χ3n) is 3.62. The summed E-state index contributed by atoms with van der Waals surface area (Å²) < 4.78 is 38.4.